The number of aromatic nitrogens is 4. The summed E-state index contributed by atoms with van der Waals surface area (Å²) in [4.78, 5) is 16.0. The molecule has 36 heavy (non-hydrogen) atoms. The smallest absolute Gasteiger partial charge is 0.120 e. The number of rotatable bonds is 11. The summed E-state index contributed by atoms with van der Waals surface area (Å²) in [6.07, 6.45) is 6.08. The third kappa shape index (κ3) is 5.25. The van der Waals surface area contributed by atoms with Gasteiger partial charge in [-0.15, -0.1) is 0 Å². The van der Waals surface area contributed by atoms with Gasteiger partial charge in [0.1, 0.15) is 11.6 Å². The van der Waals surface area contributed by atoms with Crippen molar-refractivity contribution in [2.75, 3.05) is 13.1 Å². The maximum atomic E-state index is 4.58. The van der Waals surface area contributed by atoms with Gasteiger partial charge in [0.05, 0.1) is 36.9 Å². The van der Waals surface area contributed by atoms with E-state index < -0.39 is 0 Å². The van der Waals surface area contributed by atoms with Crippen LogP contribution in [0.3, 0.4) is 0 Å². The summed E-state index contributed by atoms with van der Waals surface area (Å²) in [7, 11) is 0. The molecule has 0 unspecified atom stereocenters. The molecule has 4 N–H and O–H groups in total. The predicted molar refractivity (Wildman–Crippen MR) is 149 cm³/mol. The Bertz CT molecular complexity index is 1410. The number of imidazole rings is 2. The van der Waals surface area contributed by atoms with Gasteiger partial charge >= 0.3 is 0 Å². The molecule has 0 amide bonds. The molecule has 0 saturated heterocycles. The molecule has 6 nitrogen and oxygen atoms in total. The van der Waals surface area contributed by atoms with Gasteiger partial charge in [0.15, 0.2) is 0 Å². The molecule has 0 atom stereocenters. The first kappa shape index (κ1) is 24.0. The minimum atomic E-state index is 0.753. The molecular formula is C30H34N6. The fourth-order valence-corrected chi connectivity index (χ4v) is 4.57. The molecule has 0 fully saturated rings. The molecule has 184 valence electrons. The third-order valence-corrected chi connectivity index (χ3v) is 6.42. The number of nitrogens with one attached hydrogen (secondary N) is 4. The first-order chi connectivity index (χ1) is 17.8. The largest absolute Gasteiger partial charge is 0.341 e. The normalized spacial score (nSPS) is 11.4. The SMILES string of the molecule is CCCNCc1ncc(-c2ccc(-c3ccc(-c4cnc(CNCCC)[nH]4)c4ccccc34)cc2)[nH]1. The van der Waals surface area contributed by atoms with E-state index in [2.05, 4.69) is 105 Å². The highest BCUT2D eigenvalue weighted by Gasteiger charge is 2.12. The molecule has 0 aliphatic carbocycles. The predicted octanol–water partition coefficient (Wildman–Crippen LogP) is 6.29. The molecule has 3 aromatic carbocycles. The Kier molecular flexibility index (Phi) is 7.55. The van der Waals surface area contributed by atoms with Crippen molar-refractivity contribution in [3.8, 4) is 33.6 Å². The van der Waals surface area contributed by atoms with Crippen LogP contribution in [0.1, 0.15) is 38.3 Å². The highest BCUT2D eigenvalue weighted by Crippen LogP contribution is 2.35. The number of nitrogens with zero attached hydrogens (tertiary/aromatic N) is 2. The highest BCUT2D eigenvalue weighted by molar-refractivity contribution is 6.04. The van der Waals surface area contributed by atoms with Crippen molar-refractivity contribution in [3.63, 3.8) is 0 Å². The fourth-order valence-electron chi connectivity index (χ4n) is 4.57. The van der Waals surface area contributed by atoms with Gasteiger partial charge in [-0.2, -0.15) is 0 Å². The fraction of sp³-hybridized carbons (Fsp3) is 0.267. The third-order valence-electron chi connectivity index (χ3n) is 6.42. The Morgan fingerprint density at radius 3 is 1.78 bits per heavy atom. The van der Waals surface area contributed by atoms with Crippen LogP contribution < -0.4 is 10.6 Å². The molecule has 5 rings (SSSR count). The number of fused-ring (bicyclic) bond motifs is 1. The quantitative estimate of drug-likeness (QED) is 0.168. The second-order valence-electron chi connectivity index (χ2n) is 9.12. The van der Waals surface area contributed by atoms with E-state index in [1.165, 1.54) is 27.5 Å². The van der Waals surface area contributed by atoms with Gasteiger partial charge in [0.2, 0.25) is 0 Å². The van der Waals surface area contributed by atoms with Crippen molar-refractivity contribution in [1.29, 1.82) is 0 Å². The summed E-state index contributed by atoms with van der Waals surface area (Å²) >= 11 is 0. The zero-order chi connectivity index (χ0) is 24.7. The topological polar surface area (TPSA) is 81.4 Å². The lowest BCUT2D eigenvalue weighted by atomic mass is 9.93. The average molecular weight is 479 g/mol. The van der Waals surface area contributed by atoms with Crippen molar-refractivity contribution >= 4 is 10.8 Å². The van der Waals surface area contributed by atoms with Crippen LogP contribution in [0.2, 0.25) is 0 Å². The lowest BCUT2D eigenvalue weighted by Gasteiger charge is -2.11. The van der Waals surface area contributed by atoms with Crippen molar-refractivity contribution in [1.82, 2.24) is 30.6 Å². The number of hydrogen-bond acceptors (Lipinski definition) is 4. The molecule has 2 aromatic heterocycles. The molecular weight excluding hydrogens is 444 g/mol. The standard InChI is InChI=1S/C30H34N6/c1-3-15-31-19-29-33-17-27(35-29)22-11-9-21(10-12-22)23-13-14-26(25-8-6-5-7-24(23)25)28-18-34-30(36-28)20-32-16-4-2/h5-14,17-18,31-32H,3-4,15-16,19-20H2,1-2H3,(H,33,35)(H,34,36). The molecule has 0 radical (unpaired) electrons. The molecule has 5 aromatic rings. The Hall–Kier alpha value is -3.74. The van der Waals surface area contributed by atoms with Crippen molar-refractivity contribution in [2.24, 2.45) is 0 Å². The summed E-state index contributed by atoms with van der Waals surface area (Å²) in [6, 6.07) is 21.7. The van der Waals surface area contributed by atoms with E-state index in [1.807, 2.05) is 12.4 Å². The second-order valence-corrected chi connectivity index (χ2v) is 9.12. The van der Waals surface area contributed by atoms with Gasteiger partial charge in [-0.1, -0.05) is 74.5 Å². The van der Waals surface area contributed by atoms with Gasteiger partial charge in [0.25, 0.3) is 0 Å². The summed E-state index contributed by atoms with van der Waals surface area (Å²) in [5.74, 6) is 1.93. The minimum Gasteiger partial charge on any atom is -0.341 e. The van der Waals surface area contributed by atoms with Crippen LogP contribution in [-0.2, 0) is 13.1 Å². The van der Waals surface area contributed by atoms with Crippen LogP contribution in [0.15, 0.2) is 73.1 Å². The lowest BCUT2D eigenvalue weighted by molar-refractivity contribution is 0.655. The monoisotopic (exact) mass is 478 g/mol. The van der Waals surface area contributed by atoms with Crippen LogP contribution in [0.4, 0.5) is 0 Å². The van der Waals surface area contributed by atoms with E-state index >= 15 is 0 Å². The Morgan fingerprint density at radius 1 is 0.611 bits per heavy atom. The Balaban J connectivity index is 1.40. The molecule has 0 bridgehead atoms. The van der Waals surface area contributed by atoms with E-state index in [0.29, 0.717) is 0 Å². The van der Waals surface area contributed by atoms with Gasteiger partial charge in [-0.05, 0) is 53.4 Å². The first-order valence-corrected chi connectivity index (χ1v) is 12.9. The van der Waals surface area contributed by atoms with Crippen LogP contribution in [0.25, 0.3) is 44.4 Å². The van der Waals surface area contributed by atoms with Crippen LogP contribution in [0, 0.1) is 0 Å². The van der Waals surface area contributed by atoms with E-state index in [9.17, 15) is 0 Å². The maximum absolute atomic E-state index is 4.58. The van der Waals surface area contributed by atoms with Crippen LogP contribution in [-0.4, -0.2) is 33.0 Å². The number of aromatic amines is 2. The number of H-pyrrole nitrogens is 2. The summed E-state index contributed by atoms with van der Waals surface area (Å²) in [5, 5.41) is 9.25. The second kappa shape index (κ2) is 11.3. The van der Waals surface area contributed by atoms with E-state index in [0.717, 1.165) is 67.6 Å². The molecule has 2 heterocycles. The first-order valence-electron chi connectivity index (χ1n) is 12.9. The molecule has 0 aliphatic rings. The average Bonchev–Trinajstić information content (AvgIpc) is 3.59. The van der Waals surface area contributed by atoms with Crippen molar-refractivity contribution < 1.29 is 0 Å². The van der Waals surface area contributed by atoms with E-state index in [1.54, 1.807) is 0 Å². The van der Waals surface area contributed by atoms with Crippen LogP contribution >= 0.6 is 0 Å². The van der Waals surface area contributed by atoms with Crippen molar-refractivity contribution in [3.05, 3.63) is 84.7 Å². The van der Waals surface area contributed by atoms with Gasteiger partial charge in [0, 0.05) is 5.56 Å². The number of hydrogen-bond donors (Lipinski definition) is 4. The zero-order valence-electron chi connectivity index (χ0n) is 21.1. The van der Waals surface area contributed by atoms with Gasteiger partial charge < -0.3 is 20.6 Å². The molecule has 0 aliphatic heterocycles. The maximum Gasteiger partial charge on any atom is 0.120 e. The Morgan fingerprint density at radius 2 is 1.14 bits per heavy atom. The molecule has 0 spiro atoms. The molecule has 0 saturated carbocycles. The molecule has 6 heteroatoms. The Labute approximate surface area is 212 Å². The summed E-state index contributed by atoms with van der Waals surface area (Å²) in [5.41, 5.74) is 6.81. The van der Waals surface area contributed by atoms with E-state index in [4.69, 9.17) is 0 Å². The van der Waals surface area contributed by atoms with Crippen LogP contribution in [0.5, 0.6) is 0 Å². The van der Waals surface area contributed by atoms with Gasteiger partial charge in [-0.25, -0.2) is 9.97 Å². The van der Waals surface area contributed by atoms with Gasteiger partial charge in [-0.3, -0.25) is 0 Å². The number of benzene rings is 3. The van der Waals surface area contributed by atoms with Crippen molar-refractivity contribution in [2.45, 2.75) is 39.8 Å². The summed E-state index contributed by atoms with van der Waals surface area (Å²) in [6.45, 7) is 7.83. The zero-order valence-corrected chi connectivity index (χ0v) is 21.1. The highest BCUT2D eigenvalue weighted by atomic mass is 15.0. The van der Waals surface area contributed by atoms with E-state index in [-0.39, 0.29) is 0 Å². The summed E-state index contributed by atoms with van der Waals surface area (Å²) < 4.78 is 0. The minimum absolute atomic E-state index is 0.753. The lowest BCUT2D eigenvalue weighted by Crippen LogP contribution is -2.14.